The molecule has 0 saturated carbocycles. The first-order valence-electron chi connectivity index (χ1n) is 18.7. The third-order valence-electron chi connectivity index (χ3n) is 9.68. The van der Waals surface area contributed by atoms with E-state index >= 15 is 0 Å². The van der Waals surface area contributed by atoms with Crippen molar-refractivity contribution in [3.63, 3.8) is 0 Å². The van der Waals surface area contributed by atoms with E-state index in [-0.39, 0.29) is 37.7 Å². The van der Waals surface area contributed by atoms with Crippen molar-refractivity contribution < 1.29 is 43.4 Å². The number of esters is 1. The van der Waals surface area contributed by atoms with Gasteiger partial charge in [-0.2, -0.15) is 0 Å². The highest BCUT2D eigenvalue weighted by molar-refractivity contribution is 5.96. The Balaban J connectivity index is 0.000000261. The van der Waals surface area contributed by atoms with Gasteiger partial charge in [0.05, 0.1) is 19.1 Å². The van der Waals surface area contributed by atoms with Gasteiger partial charge in [0.25, 0.3) is 0 Å². The van der Waals surface area contributed by atoms with Crippen LogP contribution in [0.1, 0.15) is 64.4 Å². The van der Waals surface area contributed by atoms with Crippen molar-refractivity contribution >= 4 is 47.2 Å². The number of aryl methyl sites for hydroxylation is 1. The molecule has 7 amide bonds. The van der Waals surface area contributed by atoms with E-state index in [4.69, 9.17) is 10.5 Å². The molecule has 0 radical (unpaired) electrons. The summed E-state index contributed by atoms with van der Waals surface area (Å²) in [6, 6.07) is 15.5. The summed E-state index contributed by atoms with van der Waals surface area (Å²) in [6.45, 7) is 5.87. The molecule has 16 heteroatoms. The van der Waals surface area contributed by atoms with Crippen LogP contribution in [-0.4, -0.2) is 124 Å². The van der Waals surface area contributed by atoms with E-state index in [1.807, 2.05) is 24.3 Å². The zero-order chi connectivity index (χ0) is 40.1. The van der Waals surface area contributed by atoms with Crippen molar-refractivity contribution in [1.82, 2.24) is 25.3 Å². The number of amides is 7. The summed E-state index contributed by atoms with van der Waals surface area (Å²) in [4.78, 5) is 91.3. The molecule has 55 heavy (non-hydrogen) atoms. The Bertz CT molecular complexity index is 1660. The van der Waals surface area contributed by atoms with Gasteiger partial charge in [0.2, 0.25) is 29.5 Å². The van der Waals surface area contributed by atoms with Gasteiger partial charge in [0.1, 0.15) is 30.3 Å². The quantitative estimate of drug-likeness (QED) is 0.285. The lowest BCUT2D eigenvalue weighted by molar-refractivity contribution is -0.160. The fourth-order valence-corrected chi connectivity index (χ4v) is 6.96. The van der Waals surface area contributed by atoms with E-state index in [0.29, 0.717) is 38.0 Å². The maximum atomic E-state index is 13.5. The molecule has 6 rings (SSSR count). The molecule has 2 aromatic carbocycles. The molecule has 6 atom stereocenters. The summed E-state index contributed by atoms with van der Waals surface area (Å²) >= 11 is 0. The van der Waals surface area contributed by atoms with E-state index in [0.717, 1.165) is 12.8 Å². The number of primary amides is 1. The molecule has 0 bridgehead atoms. The predicted molar refractivity (Wildman–Crippen MR) is 202 cm³/mol. The highest BCUT2D eigenvalue weighted by Crippen LogP contribution is 2.27. The number of nitrogens with zero attached hydrogens (tertiary/aromatic N) is 3. The van der Waals surface area contributed by atoms with Crippen LogP contribution >= 0.6 is 0 Å². The van der Waals surface area contributed by atoms with Gasteiger partial charge in [-0.3, -0.25) is 24.0 Å². The first-order valence-corrected chi connectivity index (χ1v) is 18.7. The third kappa shape index (κ3) is 12.3. The Labute approximate surface area is 321 Å². The maximum Gasteiger partial charge on any atom is 0.329 e. The van der Waals surface area contributed by atoms with E-state index in [9.17, 15) is 38.7 Å². The van der Waals surface area contributed by atoms with Crippen LogP contribution in [0, 0.1) is 6.92 Å². The largest absolute Gasteiger partial charge is 0.461 e. The minimum Gasteiger partial charge on any atom is -0.461 e. The van der Waals surface area contributed by atoms with Crippen molar-refractivity contribution in [3.05, 3.63) is 66.2 Å². The number of aliphatic hydroxyl groups is 1. The summed E-state index contributed by atoms with van der Waals surface area (Å²) in [7, 11) is 0. The third-order valence-corrected chi connectivity index (χ3v) is 9.68. The molecule has 16 nitrogen and oxygen atoms in total. The number of hydrogen-bond acceptors (Lipinski definition) is 9. The van der Waals surface area contributed by atoms with E-state index in [2.05, 4.69) is 35.0 Å². The topological polar surface area (TPSA) is 221 Å². The van der Waals surface area contributed by atoms with Crippen molar-refractivity contribution in [1.29, 1.82) is 0 Å². The van der Waals surface area contributed by atoms with Crippen molar-refractivity contribution in [2.75, 3.05) is 31.5 Å². The normalized spacial score (nSPS) is 25.7. The molecule has 6 unspecified atom stereocenters. The molecule has 0 spiro atoms. The number of para-hydroxylation sites is 1. The van der Waals surface area contributed by atoms with Crippen LogP contribution in [-0.2, 0) is 33.5 Å². The summed E-state index contributed by atoms with van der Waals surface area (Å²) in [5.74, 6) is -2.72. The molecule has 4 fully saturated rings. The zero-order valence-electron chi connectivity index (χ0n) is 31.6. The van der Waals surface area contributed by atoms with Crippen LogP contribution in [0.15, 0.2) is 60.7 Å². The number of urea groups is 1. The fraction of sp³-hybridized carbons (Fsp3) is 0.513. The predicted octanol–water partition coefficient (Wildman–Crippen LogP) is 1.45. The highest BCUT2D eigenvalue weighted by Gasteiger charge is 2.45. The van der Waals surface area contributed by atoms with Crippen LogP contribution in [0.3, 0.4) is 0 Å². The zero-order valence-corrected chi connectivity index (χ0v) is 31.6. The van der Waals surface area contributed by atoms with E-state index in [1.165, 1.54) is 20.3 Å². The monoisotopic (exact) mass is 763 g/mol. The number of carbonyl (C=O) groups is 7. The number of fused-ring (bicyclic) bond motifs is 3. The number of ether oxygens (including phenoxy) is 1. The molecule has 4 heterocycles. The number of rotatable bonds is 3. The minimum atomic E-state index is -0.879. The molecule has 4 saturated heterocycles. The number of hydrogen-bond donors (Lipinski definition) is 5. The van der Waals surface area contributed by atoms with Gasteiger partial charge in [-0.05, 0) is 65.0 Å². The number of benzene rings is 2. The Hall–Kier alpha value is -5.51. The van der Waals surface area contributed by atoms with Crippen LogP contribution in [0.5, 0.6) is 0 Å². The second kappa shape index (κ2) is 20.2. The molecule has 6 N–H and O–H groups in total. The van der Waals surface area contributed by atoms with E-state index in [1.54, 1.807) is 38.1 Å². The molecule has 4 aliphatic rings. The summed E-state index contributed by atoms with van der Waals surface area (Å²) in [6.07, 6.45) is 1.40. The smallest absolute Gasteiger partial charge is 0.329 e. The minimum absolute atomic E-state index is 0.0164. The van der Waals surface area contributed by atoms with Gasteiger partial charge in [-0.1, -0.05) is 54.1 Å². The number of cyclic esters (lactones) is 1. The van der Waals surface area contributed by atoms with Crippen molar-refractivity contribution in [2.45, 2.75) is 102 Å². The van der Waals surface area contributed by atoms with Gasteiger partial charge in [-0.25, -0.2) is 9.59 Å². The number of carbonyl (C=O) groups excluding carboxylic acids is 7. The first-order chi connectivity index (χ1) is 26.2. The fourth-order valence-electron chi connectivity index (χ4n) is 6.96. The van der Waals surface area contributed by atoms with Crippen LogP contribution in [0.4, 0.5) is 10.5 Å². The average molecular weight is 764 g/mol. The van der Waals surface area contributed by atoms with Crippen LogP contribution in [0.2, 0.25) is 0 Å². The molecule has 4 aliphatic heterocycles. The standard InChI is InChI=1S/C23H34N4O7.C9H11N3O2.C7H8/c1-13-10-19(29)27-12-15(28)11-18(27)22(32)25-8-4-3-6-16(25)20(30)24-14(2)21(31)26-9-5-7-17(26)23(33)34-13;10-8(13)6-11-9(14)12-7-4-2-1-3-5-7;1-7-5-3-2-4-6-7/h13-18,28H,3-12H2,1-2H3,(H,24,30);1-5H,6H2,(H2,10,13)(H2,11,12,14);2-6H,1H3. The number of piperidine rings is 1. The number of nitrogens with one attached hydrogen (secondary N) is 3. The van der Waals surface area contributed by atoms with Crippen LogP contribution < -0.4 is 21.7 Å². The number of anilines is 1. The molecule has 298 valence electrons. The molecular formula is C39H53N7O9. The lowest BCUT2D eigenvalue weighted by Gasteiger charge is -2.38. The maximum absolute atomic E-state index is 13.5. The molecule has 0 aliphatic carbocycles. The Kier molecular flexibility index (Phi) is 15.5. The van der Waals surface area contributed by atoms with Crippen LogP contribution in [0.25, 0.3) is 0 Å². The molecule has 2 aromatic rings. The van der Waals surface area contributed by atoms with E-state index < -0.39 is 66.1 Å². The summed E-state index contributed by atoms with van der Waals surface area (Å²) in [5, 5.41) is 17.8. The second-order valence-corrected chi connectivity index (χ2v) is 14.2. The second-order valence-electron chi connectivity index (χ2n) is 14.2. The summed E-state index contributed by atoms with van der Waals surface area (Å²) in [5.41, 5.74) is 6.84. The van der Waals surface area contributed by atoms with Gasteiger partial charge in [0.15, 0.2) is 0 Å². The van der Waals surface area contributed by atoms with Crippen molar-refractivity contribution in [3.8, 4) is 0 Å². The van der Waals surface area contributed by atoms with Gasteiger partial charge in [-0.15, -0.1) is 0 Å². The molecule has 0 aromatic heterocycles. The highest BCUT2D eigenvalue weighted by atomic mass is 16.5. The lowest BCUT2D eigenvalue weighted by Crippen LogP contribution is -2.59. The van der Waals surface area contributed by atoms with Crippen molar-refractivity contribution in [2.24, 2.45) is 5.73 Å². The SMILES string of the molecule is CC1CC(=O)N2CC(O)CC2C(=O)N2CCCCC2C(=O)NC(C)C(=O)N2CCCC2C(=O)O1.Cc1ccccc1.NC(=O)CNC(=O)Nc1ccccc1. The number of nitrogens with two attached hydrogens (primary N) is 1. The summed E-state index contributed by atoms with van der Waals surface area (Å²) < 4.78 is 5.50. The lowest BCUT2D eigenvalue weighted by atomic mass is 9.99. The Morgan fingerprint density at radius 3 is 2.09 bits per heavy atom. The van der Waals surface area contributed by atoms with Gasteiger partial charge >= 0.3 is 12.0 Å². The first kappa shape index (κ1) is 42.2. The van der Waals surface area contributed by atoms with Gasteiger partial charge in [0, 0.05) is 31.7 Å². The Morgan fingerprint density at radius 1 is 0.836 bits per heavy atom. The number of aliphatic hydroxyl groups excluding tert-OH is 1. The Morgan fingerprint density at radius 2 is 1.45 bits per heavy atom. The molecular weight excluding hydrogens is 710 g/mol. The average Bonchev–Trinajstić information content (AvgIpc) is 3.82. The van der Waals surface area contributed by atoms with Gasteiger partial charge < -0.3 is 46.2 Å².